The van der Waals surface area contributed by atoms with Crippen molar-refractivity contribution in [1.29, 1.82) is 0 Å². The van der Waals surface area contributed by atoms with Crippen LogP contribution in [0, 0.1) is 0 Å². The monoisotopic (exact) mass is 319 g/mol. The zero-order valence-electron chi connectivity index (χ0n) is 14.8. The fraction of sp³-hybridized carbons (Fsp3) is 0.611. The summed E-state index contributed by atoms with van der Waals surface area (Å²) in [5.41, 5.74) is 0.962. The highest BCUT2D eigenvalue weighted by Crippen LogP contribution is 2.10. The fourth-order valence-corrected chi connectivity index (χ4v) is 2.43. The van der Waals surface area contributed by atoms with Crippen LogP contribution in [0.2, 0.25) is 0 Å². The molecular weight excluding hydrogens is 290 g/mol. The van der Waals surface area contributed by atoms with Crippen molar-refractivity contribution in [3.8, 4) is 0 Å². The molecule has 1 heterocycles. The van der Waals surface area contributed by atoms with Crippen molar-refractivity contribution < 1.29 is 9.59 Å². The number of hydrogen-bond acceptors (Lipinski definition) is 3. The Bertz CT molecular complexity index is 511. The average Bonchev–Trinajstić information content (AvgIpc) is 2.58. The van der Waals surface area contributed by atoms with Gasteiger partial charge in [-0.25, -0.2) is 0 Å². The molecule has 0 saturated heterocycles. The molecule has 1 rings (SSSR count). The first-order valence-corrected chi connectivity index (χ1v) is 8.54. The summed E-state index contributed by atoms with van der Waals surface area (Å²) in [6, 6.07) is 1.67. The predicted octanol–water partition coefficient (Wildman–Crippen LogP) is 3.22. The van der Waals surface area contributed by atoms with E-state index in [4.69, 9.17) is 0 Å². The molecule has 0 aliphatic rings. The van der Waals surface area contributed by atoms with Gasteiger partial charge in [0.1, 0.15) is 0 Å². The number of aromatic nitrogens is 1. The summed E-state index contributed by atoms with van der Waals surface area (Å²) < 4.78 is 0. The van der Waals surface area contributed by atoms with E-state index in [-0.39, 0.29) is 11.8 Å². The van der Waals surface area contributed by atoms with Crippen LogP contribution in [0.1, 0.15) is 67.2 Å². The fourth-order valence-electron chi connectivity index (χ4n) is 2.43. The number of unbranched alkanes of at least 4 members (excludes halogenated alkanes) is 1. The summed E-state index contributed by atoms with van der Waals surface area (Å²) in [4.78, 5) is 32.6. The summed E-state index contributed by atoms with van der Waals surface area (Å²) in [5.74, 6) is -0.134. The second-order valence-corrected chi connectivity index (χ2v) is 5.83. The second-order valence-electron chi connectivity index (χ2n) is 5.83. The third kappa shape index (κ3) is 5.66. The minimum absolute atomic E-state index is 0.0490. The number of amides is 2. The van der Waals surface area contributed by atoms with E-state index in [1.54, 1.807) is 24.2 Å². The van der Waals surface area contributed by atoms with Crippen LogP contribution in [-0.2, 0) is 0 Å². The highest BCUT2D eigenvalue weighted by atomic mass is 16.2. The molecule has 0 aliphatic carbocycles. The van der Waals surface area contributed by atoms with E-state index in [0.717, 1.165) is 38.8 Å². The highest BCUT2D eigenvalue weighted by molar-refractivity contribution is 5.99. The van der Waals surface area contributed by atoms with Crippen LogP contribution in [0.15, 0.2) is 18.5 Å². The van der Waals surface area contributed by atoms with Crippen molar-refractivity contribution in [2.45, 2.75) is 46.5 Å². The normalized spacial score (nSPS) is 10.4. The lowest BCUT2D eigenvalue weighted by Crippen LogP contribution is -2.33. The zero-order chi connectivity index (χ0) is 17.2. The molecule has 0 bridgehead atoms. The van der Waals surface area contributed by atoms with Gasteiger partial charge in [0.25, 0.3) is 11.8 Å². The maximum atomic E-state index is 12.6. The number of pyridine rings is 1. The van der Waals surface area contributed by atoms with Gasteiger partial charge in [0, 0.05) is 39.1 Å². The topological polar surface area (TPSA) is 53.5 Å². The molecule has 0 radical (unpaired) electrons. The van der Waals surface area contributed by atoms with Crippen molar-refractivity contribution in [3.05, 3.63) is 29.6 Å². The molecule has 23 heavy (non-hydrogen) atoms. The number of carbonyl (C=O) groups excluding carboxylic acids is 2. The van der Waals surface area contributed by atoms with Gasteiger partial charge in [-0.15, -0.1) is 0 Å². The van der Waals surface area contributed by atoms with Crippen LogP contribution in [0.25, 0.3) is 0 Å². The quantitative estimate of drug-likeness (QED) is 0.702. The molecular formula is C18H29N3O2. The number of rotatable bonds is 9. The Morgan fingerprint density at radius 1 is 0.913 bits per heavy atom. The molecule has 0 aromatic carbocycles. The van der Waals surface area contributed by atoms with E-state index in [1.807, 2.05) is 4.90 Å². The largest absolute Gasteiger partial charge is 0.342 e. The molecule has 0 atom stereocenters. The molecule has 1 aromatic heterocycles. The minimum Gasteiger partial charge on any atom is -0.342 e. The molecule has 0 N–H and O–H groups in total. The number of hydrogen-bond donors (Lipinski definition) is 0. The van der Waals surface area contributed by atoms with Gasteiger partial charge in [0.2, 0.25) is 0 Å². The summed E-state index contributed by atoms with van der Waals surface area (Å²) in [6.45, 7) is 8.36. The zero-order valence-corrected chi connectivity index (χ0v) is 14.8. The van der Waals surface area contributed by atoms with Crippen molar-refractivity contribution in [1.82, 2.24) is 14.8 Å². The summed E-state index contributed by atoms with van der Waals surface area (Å²) in [5, 5.41) is 0. The Hall–Kier alpha value is -1.91. The van der Waals surface area contributed by atoms with E-state index in [2.05, 4.69) is 25.8 Å². The Kier molecular flexibility index (Phi) is 8.30. The Morgan fingerprint density at radius 2 is 1.48 bits per heavy atom. The van der Waals surface area contributed by atoms with Crippen LogP contribution >= 0.6 is 0 Å². The maximum Gasteiger partial charge on any atom is 0.255 e. The van der Waals surface area contributed by atoms with Gasteiger partial charge in [-0.3, -0.25) is 14.6 Å². The summed E-state index contributed by atoms with van der Waals surface area (Å²) in [6.07, 6.45) is 6.91. The first-order chi connectivity index (χ1) is 11.0. The minimum atomic E-state index is -0.0851. The van der Waals surface area contributed by atoms with E-state index in [0.29, 0.717) is 17.7 Å². The smallest absolute Gasteiger partial charge is 0.255 e. The lowest BCUT2D eigenvalue weighted by Gasteiger charge is -2.22. The van der Waals surface area contributed by atoms with Gasteiger partial charge in [0.15, 0.2) is 0 Å². The van der Waals surface area contributed by atoms with Crippen molar-refractivity contribution in [2.75, 3.05) is 26.7 Å². The molecule has 0 aliphatic heterocycles. The molecule has 0 saturated carbocycles. The van der Waals surface area contributed by atoms with Crippen molar-refractivity contribution in [3.63, 3.8) is 0 Å². The van der Waals surface area contributed by atoms with Crippen LogP contribution in [0.5, 0.6) is 0 Å². The van der Waals surface area contributed by atoms with Gasteiger partial charge in [-0.2, -0.15) is 0 Å². The Balaban J connectivity index is 2.90. The first-order valence-electron chi connectivity index (χ1n) is 8.54. The van der Waals surface area contributed by atoms with E-state index < -0.39 is 0 Å². The Morgan fingerprint density at radius 3 is 2.00 bits per heavy atom. The first kappa shape index (κ1) is 19.1. The van der Waals surface area contributed by atoms with E-state index in [9.17, 15) is 9.59 Å². The lowest BCUT2D eigenvalue weighted by molar-refractivity contribution is 0.0755. The lowest BCUT2D eigenvalue weighted by atomic mass is 10.1. The highest BCUT2D eigenvalue weighted by Gasteiger charge is 2.18. The van der Waals surface area contributed by atoms with Gasteiger partial charge < -0.3 is 9.80 Å². The molecule has 128 valence electrons. The standard InChI is InChI=1S/C18H29N3O2/c1-5-8-11-20(4)17(22)15-12-16(14-19-13-15)18(23)21(9-6-2)10-7-3/h12-14H,5-11H2,1-4H3. The average molecular weight is 319 g/mol. The summed E-state index contributed by atoms with van der Waals surface area (Å²) >= 11 is 0. The third-order valence-electron chi connectivity index (χ3n) is 3.70. The second kappa shape index (κ2) is 9.98. The summed E-state index contributed by atoms with van der Waals surface area (Å²) in [7, 11) is 1.78. The third-order valence-corrected chi connectivity index (χ3v) is 3.70. The predicted molar refractivity (Wildman–Crippen MR) is 92.6 cm³/mol. The Labute approximate surface area is 139 Å². The number of carbonyl (C=O) groups is 2. The molecule has 5 heteroatoms. The molecule has 1 aromatic rings. The van der Waals surface area contributed by atoms with Gasteiger partial charge >= 0.3 is 0 Å². The van der Waals surface area contributed by atoms with Crippen LogP contribution in [0.3, 0.4) is 0 Å². The van der Waals surface area contributed by atoms with Crippen molar-refractivity contribution >= 4 is 11.8 Å². The maximum absolute atomic E-state index is 12.6. The van der Waals surface area contributed by atoms with Crippen molar-refractivity contribution in [2.24, 2.45) is 0 Å². The van der Waals surface area contributed by atoms with Crippen LogP contribution < -0.4 is 0 Å². The van der Waals surface area contributed by atoms with Gasteiger partial charge in [-0.05, 0) is 25.3 Å². The molecule has 5 nitrogen and oxygen atoms in total. The molecule has 0 fully saturated rings. The van der Waals surface area contributed by atoms with Gasteiger partial charge in [0.05, 0.1) is 11.1 Å². The van der Waals surface area contributed by atoms with Gasteiger partial charge in [-0.1, -0.05) is 27.2 Å². The van der Waals surface area contributed by atoms with E-state index >= 15 is 0 Å². The van der Waals surface area contributed by atoms with Crippen LogP contribution in [0.4, 0.5) is 0 Å². The van der Waals surface area contributed by atoms with Crippen LogP contribution in [-0.4, -0.2) is 53.3 Å². The molecule has 0 unspecified atom stereocenters. The number of nitrogens with zero attached hydrogens (tertiary/aromatic N) is 3. The molecule has 2 amide bonds. The SMILES string of the molecule is CCCCN(C)C(=O)c1cncc(C(=O)N(CCC)CCC)c1. The van der Waals surface area contributed by atoms with E-state index in [1.165, 1.54) is 6.20 Å². The molecule has 0 spiro atoms.